The largest absolute Gasteiger partial charge is 0.366 e. The number of aliphatic imine (C=N–C) groups is 1. The van der Waals surface area contributed by atoms with Gasteiger partial charge in [-0.2, -0.15) is 0 Å². The van der Waals surface area contributed by atoms with Crippen LogP contribution in [0.25, 0.3) is 0 Å². The zero-order valence-electron chi connectivity index (χ0n) is 16.8. The predicted octanol–water partition coefficient (Wildman–Crippen LogP) is 3.02. The lowest BCUT2D eigenvalue weighted by Gasteiger charge is -2.37. The van der Waals surface area contributed by atoms with Crippen molar-refractivity contribution in [3.05, 3.63) is 30.1 Å². The van der Waals surface area contributed by atoms with Gasteiger partial charge < -0.3 is 20.0 Å². The number of halogens is 2. The summed E-state index contributed by atoms with van der Waals surface area (Å²) in [5, 5.41) is 3.46. The molecule has 2 saturated heterocycles. The summed E-state index contributed by atoms with van der Waals surface area (Å²) in [7, 11) is 0. The number of hydrogen-bond acceptors (Lipinski definition) is 3. The summed E-state index contributed by atoms with van der Waals surface area (Å²) in [4.78, 5) is 12.1. The Morgan fingerprint density at radius 2 is 1.86 bits per heavy atom. The molecule has 3 aliphatic rings. The molecule has 28 heavy (non-hydrogen) atoms. The fraction of sp³-hybridized carbons (Fsp3) is 0.667. The van der Waals surface area contributed by atoms with Crippen LogP contribution in [0, 0.1) is 11.7 Å². The highest BCUT2D eigenvalue weighted by atomic mass is 127. The summed E-state index contributed by atoms with van der Waals surface area (Å²) in [5.41, 5.74) is 0.713. The average Bonchev–Trinajstić information content (AvgIpc) is 3.44. The standard InChI is InChI=1S/C21H32FN5.HI/c1-2-23-21(24-15-17-9-10-27(16-17)18-7-8-18)26-13-11-25(12-14-26)20-6-4-3-5-19(20)22;/h3-6,17-18H,2,7-16H2,1H3,(H,23,24);1H. The summed E-state index contributed by atoms with van der Waals surface area (Å²) in [6, 6.07) is 7.94. The highest BCUT2D eigenvalue weighted by Gasteiger charge is 2.34. The van der Waals surface area contributed by atoms with Crippen LogP contribution in [-0.4, -0.2) is 74.2 Å². The molecule has 1 saturated carbocycles. The highest BCUT2D eigenvalue weighted by Crippen LogP contribution is 2.31. The summed E-state index contributed by atoms with van der Waals surface area (Å²) >= 11 is 0. The number of likely N-dealkylation sites (tertiary alicyclic amines) is 1. The first-order chi connectivity index (χ1) is 13.2. The fourth-order valence-corrected chi connectivity index (χ4v) is 4.29. The molecule has 0 bridgehead atoms. The SMILES string of the molecule is CCNC(=NCC1CCN(C2CC2)C1)N1CCN(c2ccccc2F)CC1.I. The monoisotopic (exact) mass is 501 g/mol. The van der Waals surface area contributed by atoms with Gasteiger partial charge in [0, 0.05) is 51.9 Å². The predicted molar refractivity (Wildman–Crippen MR) is 124 cm³/mol. The Morgan fingerprint density at radius 3 is 2.54 bits per heavy atom. The molecule has 4 rings (SSSR count). The molecule has 3 fully saturated rings. The van der Waals surface area contributed by atoms with Crippen LogP contribution in [0.2, 0.25) is 0 Å². The third kappa shape index (κ3) is 5.28. The molecule has 1 N–H and O–H groups in total. The molecule has 1 unspecified atom stereocenters. The molecule has 156 valence electrons. The number of para-hydroxylation sites is 1. The van der Waals surface area contributed by atoms with E-state index in [9.17, 15) is 4.39 Å². The van der Waals surface area contributed by atoms with E-state index in [4.69, 9.17) is 4.99 Å². The van der Waals surface area contributed by atoms with Crippen molar-refractivity contribution >= 4 is 35.6 Å². The van der Waals surface area contributed by atoms with Gasteiger partial charge in [0.05, 0.1) is 5.69 Å². The number of benzene rings is 1. The van der Waals surface area contributed by atoms with Gasteiger partial charge in [-0.1, -0.05) is 12.1 Å². The highest BCUT2D eigenvalue weighted by molar-refractivity contribution is 14.0. The van der Waals surface area contributed by atoms with Gasteiger partial charge in [0.25, 0.3) is 0 Å². The molecular weight excluding hydrogens is 468 g/mol. The zero-order chi connectivity index (χ0) is 18.6. The number of anilines is 1. The van der Waals surface area contributed by atoms with Crippen LogP contribution in [0.15, 0.2) is 29.3 Å². The molecule has 0 spiro atoms. The van der Waals surface area contributed by atoms with Crippen LogP contribution in [0.5, 0.6) is 0 Å². The zero-order valence-corrected chi connectivity index (χ0v) is 19.1. The molecule has 0 radical (unpaired) electrons. The maximum Gasteiger partial charge on any atom is 0.194 e. The lowest BCUT2D eigenvalue weighted by atomic mass is 10.1. The first kappa shape index (κ1) is 21.6. The van der Waals surface area contributed by atoms with Gasteiger partial charge in [-0.25, -0.2) is 4.39 Å². The summed E-state index contributed by atoms with van der Waals surface area (Å²) in [6.45, 7) is 9.78. The van der Waals surface area contributed by atoms with E-state index in [1.54, 1.807) is 12.1 Å². The second-order valence-electron chi connectivity index (χ2n) is 8.00. The van der Waals surface area contributed by atoms with E-state index < -0.39 is 0 Å². The Kier molecular flexibility index (Phi) is 7.79. The van der Waals surface area contributed by atoms with Gasteiger partial charge in [-0.3, -0.25) is 4.99 Å². The minimum absolute atomic E-state index is 0. The number of piperazine rings is 1. The molecule has 0 amide bonds. The van der Waals surface area contributed by atoms with Gasteiger partial charge in [-0.15, -0.1) is 24.0 Å². The van der Waals surface area contributed by atoms with Crippen LogP contribution >= 0.6 is 24.0 Å². The second kappa shape index (κ2) is 10.1. The van der Waals surface area contributed by atoms with Crippen molar-refractivity contribution in [2.45, 2.75) is 32.2 Å². The normalized spacial score (nSPS) is 23.6. The second-order valence-corrected chi connectivity index (χ2v) is 8.00. The summed E-state index contributed by atoms with van der Waals surface area (Å²) < 4.78 is 14.0. The lowest BCUT2D eigenvalue weighted by Crippen LogP contribution is -2.52. The van der Waals surface area contributed by atoms with E-state index in [0.717, 1.165) is 51.3 Å². The Morgan fingerprint density at radius 1 is 1.11 bits per heavy atom. The van der Waals surface area contributed by atoms with E-state index in [1.807, 2.05) is 12.1 Å². The molecule has 1 aromatic carbocycles. The Hall–Kier alpha value is -1.09. The molecule has 2 heterocycles. The average molecular weight is 501 g/mol. The topological polar surface area (TPSA) is 34.1 Å². The lowest BCUT2D eigenvalue weighted by molar-refractivity contribution is 0.315. The Balaban J connectivity index is 0.00000225. The maximum absolute atomic E-state index is 14.0. The number of nitrogens with zero attached hydrogens (tertiary/aromatic N) is 4. The fourth-order valence-electron chi connectivity index (χ4n) is 4.29. The number of rotatable bonds is 5. The van der Waals surface area contributed by atoms with Crippen molar-refractivity contribution in [3.8, 4) is 0 Å². The van der Waals surface area contributed by atoms with E-state index in [1.165, 1.54) is 32.4 Å². The smallest absolute Gasteiger partial charge is 0.194 e. The quantitative estimate of drug-likeness (QED) is 0.382. The molecule has 7 heteroatoms. The van der Waals surface area contributed by atoms with Gasteiger partial charge >= 0.3 is 0 Å². The molecule has 5 nitrogen and oxygen atoms in total. The van der Waals surface area contributed by atoms with Crippen LogP contribution < -0.4 is 10.2 Å². The van der Waals surface area contributed by atoms with Crippen molar-refractivity contribution < 1.29 is 4.39 Å². The van der Waals surface area contributed by atoms with Crippen molar-refractivity contribution in [2.24, 2.45) is 10.9 Å². The van der Waals surface area contributed by atoms with Crippen LogP contribution in [0.3, 0.4) is 0 Å². The van der Waals surface area contributed by atoms with E-state index in [0.29, 0.717) is 11.6 Å². The molecular formula is C21H33FIN5. The Bertz CT molecular complexity index is 658. The molecule has 1 atom stereocenters. The van der Waals surface area contributed by atoms with E-state index in [-0.39, 0.29) is 29.8 Å². The van der Waals surface area contributed by atoms with Crippen molar-refractivity contribution in [1.82, 2.24) is 15.1 Å². The van der Waals surface area contributed by atoms with Crippen LogP contribution in [-0.2, 0) is 0 Å². The molecule has 2 aliphatic heterocycles. The minimum atomic E-state index is -0.132. The van der Waals surface area contributed by atoms with Crippen molar-refractivity contribution in [1.29, 1.82) is 0 Å². The van der Waals surface area contributed by atoms with Crippen molar-refractivity contribution in [2.75, 3.05) is 57.3 Å². The summed E-state index contributed by atoms with van der Waals surface area (Å²) in [5.74, 6) is 1.59. The number of guanidine groups is 1. The summed E-state index contributed by atoms with van der Waals surface area (Å²) in [6.07, 6.45) is 4.07. The number of hydrogen-bond donors (Lipinski definition) is 1. The minimum Gasteiger partial charge on any atom is -0.366 e. The van der Waals surface area contributed by atoms with Gasteiger partial charge in [0.15, 0.2) is 5.96 Å². The Labute approximate surface area is 185 Å². The van der Waals surface area contributed by atoms with E-state index in [2.05, 4.69) is 26.9 Å². The van der Waals surface area contributed by atoms with Gasteiger partial charge in [0.2, 0.25) is 0 Å². The first-order valence-electron chi connectivity index (χ1n) is 10.5. The third-order valence-corrected chi connectivity index (χ3v) is 5.99. The van der Waals surface area contributed by atoms with Gasteiger partial charge in [0.1, 0.15) is 5.82 Å². The molecule has 1 aliphatic carbocycles. The van der Waals surface area contributed by atoms with E-state index >= 15 is 0 Å². The first-order valence-corrected chi connectivity index (χ1v) is 10.5. The maximum atomic E-state index is 14.0. The third-order valence-electron chi connectivity index (χ3n) is 5.99. The number of nitrogens with one attached hydrogen (secondary N) is 1. The van der Waals surface area contributed by atoms with Gasteiger partial charge in [-0.05, 0) is 50.8 Å². The van der Waals surface area contributed by atoms with Crippen molar-refractivity contribution in [3.63, 3.8) is 0 Å². The molecule has 1 aromatic rings. The molecule has 0 aromatic heterocycles. The van der Waals surface area contributed by atoms with Crippen LogP contribution in [0.4, 0.5) is 10.1 Å². The van der Waals surface area contributed by atoms with Crippen LogP contribution in [0.1, 0.15) is 26.2 Å².